The number of carbonyl (C=O) groups is 2. The summed E-state index contributed by atoms with van der Waals surface area (Å²) in [6, 6.07) is 3.89. The van der Waals surface area contributed by atoms with Gasteiger partial charge in [-0.25, -0.2) is 4.79 Å². The van der Waals surface area contributed by atoms with Crippen molar-refractivity contribution in [2.24, 2.45) is 5.92 Å². The van der Waals surface area contributed by atoms with Gasteiger partial charge in [-0.2, -0.15) is 0 Å². The number of unbranched alkanes of at least 4 members (excludes halogenated alkanes) is 1. The summed E-state index contributed by atoms with van der Waals surface area (Å²) >= 11 is 0. The lowest BCUT2D eigenvalue weighted by molar-refractivity contribution is -0.120. The van der Waals surface area contributed by atoms with Gasteiger partial charge >= 0.3 is 5.97 Å². The fourth-order valence-corrected chi connectivity index (χ4v) is 2.02. The van der Waals surface area contributed by atoms with E-state index in [1.54, 1.807) is 0 Å². The Morgan fingerprint density at radius 1 is 1.30 bits per heavy atom. The first-order valence-electron chi connectivity index (χ1n) is 6.86. The molecule has 0 aliphatic carbocycles. The van der Waals surface area contributed by atoms with Crippen molar-refractivity contribution in [3.05, 3.63) is 23.8 Å². The monoisotopic (exact) mass is 279 g/mol. The number of hydrogen-bond acceptors (Lipinski definition) is 3. The molecule has 3 N–H and O–H groups in total. The lowest BCUT2D eigenvalue weighted by Crippen LogP contribution is -2.23. The average Bonchev–Trinajstić information content (AvgIpc) is 2.41. The molecule has 1 rings (SSSR count). The first kappa shape index (κ1) is 16.0. The number of amides is 1. The van der Waals surface area contributed by atoms with Crippen molar-refractivity contribution in [3.63, 3.8) is 0 Å². The van der Waals surface area contributed by atoms with Gasteiger partial charge in [-0.05, 0) is 31.0 Å². The summed E-state index contributed by atoms with van der Waals surface area (Å²) in [7, 11) is 0. The summed E-state index contributed by atoms with van der Waals surface area (Å²) in [5.41, 5.74) is 0.110. The molecule has 1 aromatic carbocycles. The number of carboxylic acid groups (broad SMARTS) is 1. The van der Waals surface area contributed by atoms with Crippen molar-refractivity contribution >= 4 is 17.6 Å². The minimum atomic E-state index is -1.18. The fourth-order valence-electron chi connectivity index (χ4n) is 2.02. The van der Waals surface area contributed by atoms with Gasteiger partial charge in [0.1, 0.15) is 5.75 Å². The van der Waals surface area contributed by atoms with Crippen LogP contribution < -0.4 is 5.32 Å². The molecule has 1 unspecified atom stereocenters. The number of rotatable bonds is 7. The van der Waals surface area contributed by atoms with Crippen LogP contribution in [-0.2, 0) is 4.79 Å². The highest BCUT2D eigenvalue weighted by molar-refractivity contribution is 6.01. The molecule has 5 nitrogen and oxygen atoms in total. The zero-order chi connectivity index (χ0) is 15.1. The van der Waals surface area contributed by atoms with E-state index >= 15 is 0 Å². The van der Waals surface area contributed by atoms with Crippen molar-refractivity contribution in [2.45, 2.75) is 39.5 Å². The highest BCUT2D eigenvalue weighted by Crippen LogP contribution is 2.23. The number of nitrogens with one attached hydrogen (secondary N) is 1. The van der Waals surface area contributed by atoms with Crippen molar-refractivity contribution in [2.75, 3.05) is 5.32 Å². The van der Waals surface area contributed by atoms with Crippen LogP contribution in [0.2, 0.25) is 0 Å². The van der Waals surface area contributed by atoms with E-state index in [-0.39, 0.29) is 28.8 Å². The third-order valence-corrected chi connectivity index (χ3v) is 3.26. The molecule has 110 valence electrons. The van der Waals surface area contributed by atoms with Gasteiger partial charge in [0.15, 0.2) is 0 Å². The van der Waals surface area contributed by atoms with Gasteiger partial charge in [-0.1, -0.05) is 26.7 Å². The lowest BCUT2D eigenvalue weighted by atomic mass is 9.98. The summed E-state index contributed by atoms with van der Waals surface area (Å²) in [6.07, 6.45) is 3.49. The van der Waals surface area contributed by atoms with Crippen molar-refractivity contribution in [3.8, 4) is 5.75 Å². The predicted octanol–water partition coefficient (Wildman–Crippen LogP) is 3.25. The molecule has 0 aliphatic rings. The Bertz CT molecular complexity index is 485. The molecule has 0 saturated carbocycles. The van der Waals surface area contributed by atoms with Gasteiger partial charge in [0, 0.05) is 5.92 Å². The standard InChI is InChI=1S/C15H21NO4/c1-3-5-6-10(4-2)14(18)16-13-8-7-11(17)9-12(13)15(19)20/h7-10,17H,3-6H2,1-2H3,(H,16,18)(H,19,20). The van der Waals surface area contributed by atoms with Crippen LogP contribution in [0.1, 0.15) is 49.9 Å². The molecule has 0 heterocycles. The average molecular weight is 279 g/mol. The zero-order valence-electron chi connectivity index (χ0n) is 11.8. The van der Waals surface area contributed by atoms with Crippen molar-refractivity contribution in [1.29, 1.82) is 0 Å². The van der Waals surface area contributed by atoms with Gasteiger partial charge in [0.2, 0.25) is 5.91 Å². The maximum atomic E-state index is 12.1. The second-order valence-electron chi connectivity index (χ2n) is 4.77. The lowest BCUT2D eigenvalue weighted by Gasteiger charge is -2.15. The first-order valence-corrected chi connectivity index (χ1v) is 6.86. The third kappa shape index (κ3) is 4.26. The molecule has 0 aromatic heterocycles. The third-order valence-electron chi connectivity index (χ3n) is 3.26. The van der Waals surface area contributed by atoms with Gasteiger partial charge in [0.25, 0.3) is 0 Å². The van der Waals surface area contributed by atoms with Crippen molar-refractivity contribution < 1.29 is 19.8 Å². The summed E-state index contributed by atoms with van der Waals surface area (Å²) in [6.45, 7) is 4.00. The molecule has 1 atom stereocenters. The van der Waals surface area contributed by atoms with Crippen LogP contribution >= 0.6 is 0 Å². The van der Waals surface area contributed by atoms with Crippen LogP contribution in [0.3, 0.4) is 0 Å². The molecule has 0 fully saturated rings. The smallest absolute Gasteiger partial charge is 0.337 e. The number of aromatic hydroxyl groups is 1. The Balaban J connectivity index is 2.86. The predicted molar refractivity (Wildman–Crippen MR) is 77.0 cm³/mol. The zero-order valence-corrected chi connectivity index (χ0v) is 11.8. The first-order chi connectivity index (χ1) is 9.49. The number of carbonyl (C=O) groups excluding carboxylic acids is 1. The molecule has 0 aliphatic heterocycles. The number of hydrogen-bond donors (Lipinski definition) is 3. The second kappa shape index (κ2) is 7.53. The summed E-state index contributed by atoms with van der Waals surface area (Å²) in [5.74, 6) is -1.62. The topological polar surface area (TPSA) is 86.6 Å². The summed E-state index contributed by atoms with van der Waals surface area (Å²) in [4.78, 5) is 23.2. The number of aromatic carboxylic acids is 1. The number of carboxylic acids is 1. The van der Waals surface area contributed by atoms with Crippen molar-refractivity contribution in [1.82, 2.24) is 0 Å². The molecule has 0 radical (unpaired) electrons. The molecule has 20 heavy (non-hydrogen) atoms. The van der Waals surface area contributed by atoms with E-state index in [0.29, 0.717) is 6.42 Å². The van der Waals surface area contributed by atoms with Crippen LogP contribution in [0, 0.1) is 5.92 Å². The Morgan fingerprint density at radius 2 is 2.00 bits per heavy atom. The maximum Gasteiger partial charge on any atom is 0.337 e. The second-order valence-corrected chi connectivity index (χ2v) is 4.77. The van der Waals surface area contributed by atoms with E-state index in [1.165, 1.54) is 12.1 Å². The normalized spacial score (nSPS) is 11.9. The summed E-state index contributed by atoms with van der Waals surface area (Å²) < 4.78 is 0. The van der Waals surface area contributed by atoms with Gasteiger partial charge in [-0.15, -0.1) is 0 Å². The number of phenols is 1. The molecular weight excluding hydrogens is 258 g/mol. The van der Waals surface area contributed by atoms with E-state index in [9.17, 15) is 14.7 Å². The van der Waals surface area contributed by atoms with Crippen LogP contribution in [0.5, 0.6) is 5.75 Å². The quantitative estimate of drug-likeness (QED) is 0.669. The number of anilines is 1. The van der Waals surface area contributed by atoms with Gasteiger partial charge < -0.3 is 15.5 Å². The van der Waals surface area contributed by atoms with E-state index in [1.807, 2.05) is 6.92 Å². The van der Waals surface area contributed by atoms with Crippen LogP contribution in [0.4, 0.5) is 5.69 Å². The minimum Gasteiger partial charge on any atom is -0.508 e. The molecule has 1 amide bonds. The Labute approximate surface area is 118 Å². The van der Waals surface area contributed by atoms with Gasteiger partial charge in [-0.3, -0.25) is 4.79 Å². The van der Waals surface area contributed by atoms with Crippen LogP contribution in [0.25, 0.3) is 0 Å². The molecule has 0 bridgehead atoms. The van der Waals surface area contributed by atoms with Crippen LogP contribution in [0.15, 0.2) is 18.2 Å². The minimum absolute atomic E-state index is 0.108. The SMILES string of the molecule is CCCCC(CC)C(=O)Nc1ccc(O)cc1C(=O)O. The Morgan fingerprint density at radius 3 is 2.55 bits per heavy atom. The largest absolute Gasteiger partial charge is 0.508 e. The Kier molecular flexibility index (Phi) is 6.03. The molecule has 0 saturated heterocycles. The number of phenolic OH excluding ortho intramolecular Hbond substituents is 1. The number of benzene rings is 1. The fraction of sp³-hybridized carbons (Fsp3) is 0.467. The molecular formula is C15H21NO4. The summed E-state index contributed by atoms with van der Waals surface area (Å²) in [5, 5.41) is 21.0. The maximum absolute atomic E-state index is 12.1. The van der Waals surface area contributed by atoms with E-state index in [2.05, 4.69) is 12.2 Å². The highest BCUT2D eigenvalue weighted by Gasteiger charge is 2.19. The molecule has 0 spiro atoms. The van der Waals surface area contributed by atoms with E-state index in [4.69, 9.17) is 5.11 Å². The molecule has 5 heteroatoms. The van der Waals surface area contributed by atoms with Gasteiger partial charge in [0.05, 0.1) is 11.3 Å². The Hall–Kier alpha value is -2.04. The highest BCUT2D eigenvalue weighted by atomic mass is 16.4. The molecule has 1 aromatic rings. The van der Waals surface area contributed by atoms with E-state index in [0.717, 1.165) is 25.3 Å². The van der Waals surface area contributed by atoms with Crippen LogP contribution in [-0.4, -0.2) is 22.1 Å². The van der Waals surface area contributed by atoms with E-state index < -0.39 is 5.97 Å².